The fraction of sp³-hybridized carbons (Fsp3) is 0.412. The lowest BCUT2D eigenvalue weighted by Crippen LogP contribution is -2.52. The summed E-state index contributed by atoms with van der Waals surface area (Å²) >= 11 is 3.65. The molecule has 3 atom stereocenters. The van der Waals surface area contributed by atoms with Crippen LogP contribution in [-0.4, -0.2) is 23.6 Å². The minimum atomic E-state index is 0.159. The maximum Gasteiger partial charge on any atom is 0.127 e. The van der Waals surface area contributed by atoms with Gasteiger partial charge in [-0.15, -0.1) is 0 Å². The number of hydrogen-bond acceptors (Lipinski definition) is 2. The quantitative estimate of drug-likeness (QED) is 0.747. The molecule has 0 aliphatic heterocycles. The van der Waals surface area contributed by atoms with E-state index in [0.717, 1.165) is 25.2 Å². The summed E-state index contributed by atoms with van der Waals surface area (Å²) in [4.78, 5) is 0.416. The highest BCUT2D eigenvalue weighted by atomic mass is 79.9. The minimum Gasteiger partial charge on any atom is -0.488 e. The number of fused-ring (bicyclic) bond motifs is 1. The Kier molecular flexibility index (Phi) is 4.27. The van der Waals surface area contributed by atoms with Crippen LogP contribution in [0.3, 0.4) is 0 Å². The van der Waals surface area contributed by atoms with Crippen LogP contribution in [0.1, 0.15) is 19.8 Å². The van der Waals surface area contributed by atoms with Crippen molar-refractivity contribution in [1.82, 2.24) is 0 Å². The van der Waals surface area contributed by atoms with E-state index in [4.69, 9.17) is 9.47 Å². The monoisotopic (exact) mass is 334 g/mol. The number of alkyl halides is 1. The van der Waals surface area contributed by atoms with Gasteiger partial charge < -0.3 is 9.47 Å². The molecule has 3 heteroatoms. The molecule has 3 rings (SSSR count). The molecule has 1 aliphatic carbocycles. The van der Waals surface area contributed by atoms with E-state index in [9.17, 15) is 0 Å². The van der Waals surface area contributed by atoms with Crippen molar-refractivity contribution in [2.45, 2.75) is 36.8 Å². The molecule has 1 aliphatic rings. The van der Waals surface area contributed by atoms with E-state index >= 15 is 0 Å². The molecule has 0 saturated heterocycles. The molecule has 0 aromatic heterocycles. The Hall–Kier alpha value is -1.06. The molecule has 0 bridgehead atoms. The van der Waals surface area contributed by atoms with Gasteiger partial charge in [0, 0.05) is 17.9 Å². The van der Waals surface area contributed by atoms with Crippen molar-refractivity contribution in [3.63, 3.8) is 0 Å². The molecule has 1 fully saturated rings. The highest BCUT2D eigenvalue weighted by Gasteiger charge is 2.42. The van der Waals surface area contributed by atoms with Gasteiger partial charge in [-0.1, -0.05) is 53.2 Å². The van der Waals surface area contributed by atoms with Crippen molar-refractivity contribution < 1.29 is 9.47 Å². The van der Waals surface area contributed by atoms with Gasteiger partial charge in [-0.05, 0) is 29.3 Å². The zero-order chi connectivity index (χ0) is 13.9. The summed E-state index contributed by atoms with van der Waals surface area (Å²) in [5.74, 6) is 0.929. The third-order valence-electron chi connectivity index (χ3n) is 3.70. The van der Waals surface area contributed by atoms with Crippen LogP contribution < -0.4 is 4.74 Å². The van der Waals surface area contributed by atoms with Gasteiger partial charge in [0.05, 0.1) is 0 Å². The second-order valence-corrected chi connectivity index (χ2v) is 6.43. The van der Waals surface area contributed by atoms with Crippen LogP contribution in [0.2, 0.25) is 0 Å². The van der Waals surface area contributed by atoms with E-state index in [-0.39, 0.29) is 12.2 Å². The molecule has 3 unspecified atom stereocenters. The Labute approximate surface area is 128 Å². The first-order chi connectivity index (χ1) is 9.78. The molecule has 0 N–H and O–H groups in total. The fourth-order valence-electron chi connectivity index (χ4n) is 2.52. The van der Waals surface area contributed by atoms with E-state index in [2.05, 4.69) is 59.3 Å². The molecule has 20 heavy (non-hydrogen) atoms. The van der Waals surface area contributed by atoms with E-state index in [1.54, 1.807) is 0 Å². The van der Waals surface area contributed by atoms with Gasteiger partial charge >= 0.3 is 0 Å². The highest BCUT2D eigenvalue weighted by Crippen LogP contribution is 2.35. The predicted molar refractivity (Wildman–Crippen MR) is 85.7 cm³/mol. The van der Waals surface area contributed by atoms with Crippen LogP contribution >= 0.6 is 15.9 Å². The first-order valence-electron chi connectivity index (χ1n) is 7.19. The van der Waals surface area contributed by atoms with Gasteiger partial charge in [-0.25, -0.2) is 0 Å². The third-order valence-corrected chi connectivity index (χ3v) is 4.60. The summed E-state index contributed by atoms with van der Waals surface area (Å²) in [6, 6.07) is 14.6. The molecule has 106 valence electrons. The number of benzene rings is 2. The Morgan fingerprint density at radius 2 is 1.95 bits per heavy atom. The van der Waals surface area contributed by atoms with Gasteiger partial charge in [0.15, 0.2) is 0 Å². The molecular formula is C17H19BrO2. The second kappa shape index (κ2) is 6.15. The zero-order valence-electron chi connectivity index (χ0n) is 11.6. The van der Waals surface area contributed by atoms with Crippen molar-refractivity contribution in [2.75, 3.05) is 6.61 Å². The Morgan fingerprint density at radius 1 is 1.15 bits per heavy atom. The zero-order valence-corrected chi connectivity index (χ0v) is 13.2. The Balaban J connectivity index is 1.69. The molecule has 0 amide bonds. The van der Waals surface area contributed by atoms with E-state index in [1.165, 1.54) is 10.8 Å². The van der Waals surface area contributed by atoms with E-state index < -0.39 is 0 Å². The largest absolute Gasteiger partial charge is 0.488 e. The van der Waals surface area contributed by atoms with Crippen LogP contribution in [0, 0.1) is 0 Å². The Bertz CT molecular complexity index is 584. The summed E-state index contributed by atoms with van der Waals surface area (Å²) in [6.07, 6.45) is 2.37. The van der Waals surface area contributed by atoms with Crippen LogP contribution in [0.4, 0.5) is 0 Å². The maximum atomic E-state index is 6.08. The number of rotatable bonds is 5. The SMILES string of the molecule is CCCOC1C(Br)CC1Oc1ccc2ccccc2c1. The first-order valence-corrected chi connectivity index (χ1v) is 8.10. The summed E-state index contributed by atoms with van der Waals surface area (Å²) < 4.78 is 11.9. The average molecular weight is 335 g/mol. The van der Waals surface area contributed by atoms with Gasteiger partial charge in [0.1, 0.15) is 18.0 Å². The van der Waals surface area contributed by atoms with Gasteiger partial charge in [-0.2, -0.15) is 0 Å². The molecule has 2 aromatic carbocycles. The van der Waals surface area contributed by atoms with E-state index in [0.29, 0.717) is 4.83 Å². The summed E-state index contributed by atoms with van der Waals surface area (Å²) in [5.41, 5.74) is 0. The second-order valence-electron chi connectivity index (χ2n) is 5.25. The topological polar surface area (TPSA) is 18.5 Å². The average Bonchev–Trinajstić information content (AvgIpc) is 2.47. The fourth-order valence-corrected chi connectivity index (χ4v) is 3.39. The van der Waals surface area contributed by atoms with Crippen LogP contribution in [0.15, 0.2) is 42.5 Å². The summed E-state index contributed by atoms with van der Waals surface area (Å²) in [7, 11) is 0. The van der Waals surface area contributed by atoms with Crippen molar-refractivity contribution >= 4 is 26.7 Å². The molecule has 0 heterocycles. The van der Waals surface area contributed by atoms with Gasteiger partial charge in [0.25, 0.3) is 0 Å². The van der Waals surface area contributed by atoms with Crippen molar-refractivity contribution in [2.24, 2.45) is 0 Å². The highest BCUT2D eigenvalue weighted by molar-refractivity contribution is 9.09. The molecule has 0 radical (unpaired) electrons. The van der Waals surface area contributed by atoms with Crippen molar-refractivity contribution in [1.29, 1.82) is 0 Å². The third kappa shape index (κ3) is 2.84. The predicted octanol–water partition coefficient (Wildman–Crippen LogP) is 4.55. The smallest absolute Gasteiger partial charge is 0.127 e. The normalized spacial score (nSPS) is 25.4. The molecule has 2 aromatic rings. The van der Waals surface area contributed by atoms with Gasteiger partial charge in [-0.3, -0.25) is 0 Å². The summed E-state index contributed by atoms with van der Waals surface area (Å²) in [5, 5.41) is 2.45. The van der Waals surface area contributed by atoms with Crippen molar-refractivity contribution in [3.8, 4) is 5.75 Å². The summed E-state index contributed by atoms with van der Waals surface area (Å²) in [6.45, 7) is 2.92. The van der Waals surface area contributed by atoms with Crippen LogP contribution in [-0.2, 0) is 4.74 Å². The maximum absolute atomic E-state index is 6.08. The lowest BCUT2D eigenvalue weighted by atomic mass is 9.91. The standard InChI is InChI=1S/C17H19BrO2/c1-2-9-19-17-15(18)11-16(17)20-14-8-7-12-5-3-4-6-13(12)10-14/h3-8,10,15-17H,2,9,11H2,1H3. The van der Waals surface area contributed by atoms with Crippen molar-refractivity contribution in [3.05, 3.63) is 42.5 Å². The molecule has 1 saturated carbocycles. The lowest BCUT2D eigenvalue weighted by molar-refractivity contribution is -0.0761. The first kappa shape index (κ1) is 13.9. The number of hydrogen-bond donors (Lipinski definition) is 0. The van der Waals surface area contributed by atoms with Gasteiger partial charge in [0.2, 0.25) is 0 Å². The lowest BCUT2D eigenvalue weighted by Gasteiger charge is -2.40. The molecular weight excluding hydrogens is 316 g/mol. The Morgan fingerprint density at radius 3 is 2.70 bits per heavy atom. The molecule has 2 nitrogen and oxygen atoms in total. The van der Waals surface area contributed by atoms with Crippen LogP contribution in [0.5, 0.6) is 5.75 Å². The number of ether oxygens (including phenoxy) is 2. The number of halogens is 1. The van der Waals surface area contributed by atoms with E-state index in [1.807, 2.05) is 6.07 Å². The van der Waals surface area contributed by atoms with Crippen LogP contribution in [0.25, 0.3) is 10.8 Å². The molecule has 0 spiro atoms. The minimum absolute atomic E-state index is 0.159.